The third kappa shape index (κ3) is 5.43. The predicted molar refractivity (Wildman–Crippen MR) is 96.5 cm³/mol. The van der Waals surface area contributed by atoms with Crippen molar-refractivity contribution in [3.05, 3.63) is 47.9 Å². The first-order valence-corrected chi connectivity index (χ1v) is 8.73. The van der Waals surface area contributed by atoms with E-state index in [0.29, 0.717) is 5.69 Å². The number of hydrogen-bond acceptors (Lipinski definition) is 3. The molecule has 0 aliphatic rings. The Balaban J connectivity index is 1.91. The first-order chi connectivity index (χ1) is 11.6. The molecule has 1 heterocycles. The summed E-state index contributed by atoms with van der Waals surface area (Å²) in [5.41, 5.74) is 2.37. The zero-order valence-electron chi connectivity index (χ0n) is 14.2. The maximum Gasteiger partial charge on any atom is 0.493 e. The van der Waals surface area contributed by atoms with E-state index in [1.54, 1.807) is 6.07 Å². The van der Waals surface area contributed by atoms with E-state index in [-0.39, 0.29) is 5.46 Å². The minimum Gasteiger partial charge on any atom is -0.423 e. The first kappa shape index (κ1) is 18.6. The molecular formula is C19H25BFNO2. The van der Waals surface area contributed by atoms with Gasteiger partial charge in [-0.05, 0) is 24.5 Å². The average Bonchev–Trinajstić information content (AvgIpc) is 2.58. The summed E-state index contributed by atoms with van der Waals surface area (Å²) in [5.74, 6) is -0.848. The van der Waals surface area contributed by atoms with Gasteiger partial charge >= 0.3 is 7.12 Å². The molecule has 0 saturated heterocycles. The molecular weight excluding hydrogens is 304 g/mol. The largest absolute Gasteiger partial charge is 0.493 e. The molecule has 1 aromatic carbocycles. The molecule has 1 aromatic heterocycles. The number of aryl methyl sites for hydroxylation is 1. The molecule has 5 heteroatoms. The first-order valence-electron chi connectivity index (χ1n) is 8.73. The van der Waals surface area contributed by atoms with Crippen molar-refractivity contribution in [3.8, 4) is 11.3 Å². The van der Waals surface area contributed by atoms with Crippen LogP contribution in [0.3, 0.4) is 0 Å². The normalized spacial score (nSPS) is 10.8. The van der Waals surface area contributed by atoms with Gasteiger partial charge in [-0.1, -0.05) is 69.4 Å². The van der Waals surface area contributed by atoms with Crippen LogP contribution in [0, 0.1) is 5.95 Å². The lowest BCUT2D eigenvalue weighted by atomic mass is 9.81. The lowest BCUT2D eigenvalue weighted by molar-refractivity contribution is 0.422. The summed E-state index contributed by atoms with van der Waals surface area (Å²) >= 11 is 0. The van der Waals surface area contributed by atoms with Crippen molar-refractivity contribution >= 4 is 12.6 Å². The van der Waals surface area contributed by atoms with Gasteiger partial charge in [-0.25, -0.2) is 4.98 Å². The van der Waals surface area contributed by atoms with E-state index < -0.39 is 13.1 Å². The quantitative estimate of drug-likeness (QED) is 0.421. The molecule has 0 saturated carbocycles. The van der Waals surface area contributed by atoms with Gasteiger partial charge in [0, 0.05) is 11.0 Å². The number of hydrogen-bond donors (Lipinski definition) is 2. The zero-order valence-corrected chi connectivity index (χ0v) is 14.2. The summed E-state index contributed by atoms with van der Waals surface area (Å²) in [7, 11) is -1.84. The van der Waals surface area contributed by atoms with Gasteiger partial charge in [-0.3, -0.25) is 0 Å². The highest BCUT2D eigenvalue weighted by Gasteiger charge is 2.18. The van der Waals surface area contributed by atoms with E-state index in [0.717, 1.165) is 12.0 Å². The van der Waals surface area contributed by atoms with Crippen LogP contribution in [0.4, 0.5) is 4.39 Å². The summed E-state index contributed by atoms with van der Waals surface area (Å²) in [4.78, 5) is 3.81. The van der Waals surface area contributed by atoms with Crippen molar-refractivity contribution in [1.82, 2.24) is 4.98 Å². The lowest BCUT2D eigenvalue weighted by Gasteiger charge is -2.06. The van der Waals surface area contributed by atoms with Crippen LogP contribution >= 0.6 is 0 Å². The predicted octanol–water partition coefficient (Wildman–Crippen LogP) is 3.47. The number of nitrogens with zero attached hydrogens (tertiary/aromatic N) is 1. The zero-order chi connectivity index (χ0) is 17.4. The lowest BCUT2D eigenvalue weighted by Crippen LogP contribution is -2.33. The molecule has 128 valence electrons. The van der Waals surface area contributed by atoms with Crippen LogP contribution < -0.4 is 5.46 Å². The summed E-state index contributed by atoms with van der Waals surface area (Å²) in [6.07, 6.45) is 8.74. The number of unbranched alkanes of at least 4 members (excludes halogenated alkanes) is 5. The average molecular weight is 329 g/mol. The van der Waals surface area contributed by atoms with E-state index in [1.165, 1.54) is 50.2 Å². The monoisotopic (exact) mass is 329 g/mol. The van der Waals surface area contributed by atoms with Crippen LogP contribution in [0.5, 0.6) is 0 Å². The topological polar surface area (TPSA) is 53.4 Å². The molecule has 3 nitrogen and oxygen atoms in total. The number of rotatable bonds is 9. The Kier molecular flexibility index (Phi) is 7.41. The molecule has 0 amide bonds. The van der Waals surface area contributed by atoms with E-state index >= 15 is 0 Å². The highest BCUT2D eigenvalue weighted by molar-refractivity contribution is 6.58. The summed E-state index contributed by atoms with van der Waals surface area (Å²) in [5, 5.41) is 18.1. The summed E-state index contributed by atoms with van der Waals surface area (Å²) in [6.45, 7) is 2.22. The number of benzene rings is 1. The second-order valence-corrected chi connectivity index (χ2v) is 6.16. The molecule has 0 aliphatic carbocycles. The fraction of sp³-hybridized carbons (Fsp3) is 0.421. The van der Waals surface area contributed by atoms with Gasteiger partial charge in [-0.2, -0.15) is 4.39 Å². The Morgan fingerprint density at radius 1 is 0.917 bits per heavy atom. The molecule has 0 spiro atoms. The third-order valence-corrected chi connectivity index (χ3v) is 4.22. The van der Waals surface area contributed by atoms with Crippen LogP contribution in [-0.2, 0) is 6.42 Å². The Morgan fingerprint density at radius 2 is 1.58 bits per heavy atom. The van der Waals surface area contributed by atoms with Gasteiger partial charge in [-0.15, -0.1) is 0 Å². The van der Waals surface area contributed by atoms with E-state index in [4.69, 9.17) is 10.0 Å². The van der Waals surface area contributed by atoms with Gasteiger partial charge in [0.15, 0.2) is 0 Å². The SMILES string of the molecule is CCCCCCCCc1ccc(-c2ccc(B(O)O)c(F)n2)cc1. The summed E-state index contributed by atoms with van der Waals surface area (Å²) < 4.78 is 13.7. The van der Waals surface area contributed by atoms with Gasteiger partial charge in [0.2, 0.25) is 5.95 Å². The van der Waals surface area contributed by atoms with Gasteiger partial charge in [0.05, 0.1) is 5.69 Å². The smallest absolute Gasteiger partial charge is 0.423 e. The number of halogens is 1. The molecule has 0 bridgehead atoms. The van der Waals surface area contributed by atoms with Crippen molar-refractivity contribution in [1.29, 1.82) is 0 Å². The van der Waals surface area contributed by atoms with Crippen LogP contribution in [0.1, 0.15) is 51.0 Å². The Bertz CT molecular complexity index is 632. The van der Waals surface area contributed by atoms with Crippen LogP contribution in [-0.4, -0.2) is 22.2 Å². The minimum atomic E-state index is -1.84. The fourth-order valence-electron chi connectivity index (χ4n) is 2.75. The van der Waals surface area contributed by atoms with Crippen LogP contribution in [0.15, 0.2) is 36.4 Å². The van der Waals surface area contributed by atoms with E-state index in [9.17, 15) is 4.39 Å². The van der Waals surface area contributed by atoms with Crippen LogP contribution in [0.25, 0.3) is 11.3 Å². The molecule has 2 rings (SSSR count). The van der Waals surface area contributed by atoms with Gasteiger partial charge < -0.3 is 10.0 Å². The second-order valence-electron chi connectivity index (χ2n) is 6.16. The van der Waals surface area contributed by atoms with Crippen molar-refractivity contribution in [3.63, 3.8) is 0 Å². The Labute approximate surface area is 143 Å². The minimum absolute atomic E-state index is 0.210. The molecule has 2 aromatic rings. The highest BCUT2D eigenvalue weighted by Crippen LogP contribution is 2.18. The summed E-state index contributed by atoms with van der Waals surface area (Å²) in [6, 6.07) is 10.9. The molecule has 24 heavy (non-hydrogen) atoms. The Hall–Kier alpha value is -1.72. The molecule has 0 atom stereocenters. The third-order valence-electron chi connectivity index (χ3n) is 4.22. The highest BCUT2D eigenvalue weighted by atomic mass is 19.1. The standard InChI is InChI=1S/C19H25BFNO2/c1-2-3-4-5-6-7-8-15-9-11-16(12-10-15)18-14-13-17(20(23)24)19(21)22-18/h9-14,23-24H,2-8H2,1H3. The van der Waals surface area contributed by atoms with Crippen molar-refractivity contribution in [2.24, 2.45) is 0 Å². The van der Waals surface area contributed by atoms with E-state index in [2.05, 4.69) is 24.0 Å². The molecule has 0 fully saturated rings. The van der Waals surface area contributed by atoms with Gasteiger partial charge in [0.1, 0.15) is 0 Å². The van der Waals surface area contributed by atoms with E-state index in [1.807, 2.05) is 12.1 Å². The second kappa shape index (κ2) is 9.55. The van der Waals surface area contributed by atoms with Crippen molar-refractivity contribution < 1.29 is 14.4 Å². The van der Waals surface area contributed by atoms with Gasteiger partial charge in [0.25, 0.3) is 0 Å². The van der Waals surface area contributed by atoms with Crippen molar-refractivity contribution in [2.75, 3.05) is 0 Å². The maximum atomic E-state index is 13.7. The van der Waals surface area contributed by atoms with Crippen molar-refractivity contribution in [2.45, 2.75) is 51.9 Å². The molecule has 2 N–H and O–H groups in total. The maximum absolute atomic E-state index is 13.7. The molecule has 0 aliphatic heterocycles. The van der Waals surface area contributed by atoms with Crippen LogP contribution in [0.2, 0.25) is 0 Å². The number of aromatic nitrogens is 1. The fourth-order valence-corrected chi connectivity index (χ4v) is 2.75. The number of pyridine rings is 1. The Morgan fingerprint density at radius 3 is 2.21 bits per heavy atom. The molecule has 0 unspecified atom stereocenters. The molecule has 0 radical (unpaired) electrons.